The standard InChI is InChI=1S/C13H24O3/c1-3-5-7-10-8-6-9-11(14)12(10)13(15)16-4-2/h10-12,14H,3-9H2,1-2H3/t10-,11-,12+/m0/s1. The van der Waals surface area contributed by atoms with E-state index in [0.717, 1.165) is 38.5 Å². The predicted molar refractivity (Wildman–Crippen MR) is 63.0 cm³/mol. The Morgan fingerprint density at radius 1 is 1.38 bits per heavy atom. The summed E-state index contributed by atoms with van der Waals surface area (Å²) in [6.07, 6.45) is 5.65. The Bertz CT molecular complexity index is 215. The number of aliphatic hydroxyl groups is 1. The van der Waals surface area contributed by atoms with Crippen LogP contribution < -0.4 is 0 Å². The third kappa shape index (κ3) is 3.48. The second-order valence-corrected chi connectivity index (χ2v) is 4.68. The minimum absolute atomic E-state index is 0.198. The molecule has 0 aromatic heterocycles. The second-order valence-electron chi connectivity index (χ2n) is 4.68. The highest BCUT2D eigenvalue weighted by Gasteiger charge is 2.37. The molecule has 1 aliphatic carbocycles. The minimum Gasteiger partial charge on any atom is -0.466 e. The van der Waals surface area contributed by atoms with Crippen LogP contribution >= 0.6 is 0 Å². The van der Waals surface area contributed by atoms with Gasteiger partial charge in [0.15, 0.2) is 0 Å². The molecule has 1 saturated carbocycles. The van der Waals surface area contributed by atoms with Gasteiger partial charge in [-0.15, -0.1) is 0 Å². The van der Waals surface area contributed by atoms with Crippen molar-refractivity contribution in [2.75, 3.05) is 6.61 Å². The van der Waals surface area contributed by atoms with Gasteiger partial charge in [0.2, 0.25) is 0 Å². The Balaban J connectivity index is 2.59. The van der Waals surface area contributed by atoms with E-state index in [1.807, 2.05) is 6.92 Å². The molecule has 3 nitrogen and oxygen atoms in total. The van der Waals surface area contributed by atoms with Gasteiger partial charge in [-0.2, -0.15) is 0 Å². The van der Waals surface area contributed by atoms with E-state index in [-0.39, 0.29) is 11.9 Å². The molecular weight excluding hydrogens is 204 g/mol. The summed E-state index contributed by atoms with van der Waals surface area (Å²) in [6, 6.07) is 0. The van der Waals surface area contributed by atoms with Crippen LogP contribution in [0.25, 0.3) is 0 Å². The highest BCUT2D eigenvalue weighted by Crippen LogP contribution is 2.34. The van der Waals surface area contributed by atoms with Gasteiger partial charge in [0, 0.05) is 0 Å². The third-order valence-corrected chi connectivity index (χ3v) is 3.48. The van der Waals surface area contributed by atoms with E-state index < -0.39 is 6.10 Å². The van der Waals surface area contributed by atoms with Crippen LogP contribution in [0.3, 0.4) is 0 Å². The quantitative estimate of drug-likeness (QED) is 0.735. The molecule has 1 rings (SSSR count). The van der Waals surface area contributed by atoms with Crippen molar-refractivity contribution < 1.29 is 14.6 Å². The van der Waals surface area contributed by atoms with Gasteiger partial charge in [0.05, 0.1) is 18.6 Å². The highest BCUT2D eigenvalue weighted by molar-refractivity contribution is 5.73. The first-order valence-corrected chi connectivity index (χ1v) is 6.55. The smallest absolute Gasteiger partial charge is 0.311 e. The van der Waals surface area contributed by atoms with Crippen LogP contribution in [0.15, 0.2) is 0 Å². The number of esters is 1. The number of carbonyl (C=O) groups excluding carboxylic acids is 1. The van der Waals surface area contributed by atoms with Gasteiger partial charge in [0.25, 0.3) is 0 Å². The summed E-state index contributed by atoms with van der Waals surface area (Å²) in [5, 5.41) is 9.93. The normalized spacial score (nSPS) is 30.1. The molecule has 1 fully saturated rings. The van der Waals surface area contributed by atoms with Crippen LogP contribution in [0.5, 0.6) is 0 Å². The lowest BCUT2D eigenvalue weighted by Gasteiger charge is -2.33. The van der Waals surface area contributed by atoms with E-state index in [0.29, 0.717) is 12.5 Å². The Kier molecular flexibility index (Phi) is 5.81. The molecule has 0 saturated heterocycles. The van der Waals surface area contributed by atoms with E-state index in [4.69, 9.17) is 4.74 Å². The second kappa shape index (κ2) is 6.89. The Morgan fingerprint density at radius 3 is 2.75 bits per heavy atom. The monoisotopic (exact) mass is 228 g/mol. The SMILES string of the molecule is CCCC[C@H]1CCC[C@H](O)[C@@H]1C(=O)OCC. The van der Waals surface area contributed by atoms with Crippen LogP contribution in [-0.2, 0) is 9.53 Å². The Morgan fingerprint density at radius 2 is 2.12 bits per heavy atom. The Labute approximate surface area is 98.2 Å². The summed E-state index contributed by atoms with van der Waals surface area (Å²) in [4.78, 5) is 11.8. The van der Waals surface area contributed by atoms with Crippen molar-refractivity contribution in [1.29, 1.82) is 0 Å². The number of ether oxygens (including phenoxy) is 1. The molecule has 3 atom stereocenters. The fraction of sp³-hybridized carbons (Fsp3) is 0.923. The molecule has 0 heterocycles. The molecular formula is C13H24O3. The molecule has 0 aliphatic heterocycles. The highest BCUT2D eigenvalue weighted by atomic mass is 16.5. The fourth-order valence-electron chi connectivity index (χ4n) is 2.64. The minimum atomic E-state index is -0.491. The maximum absolute atomic E-state index is 11.8. The third-order valence-electron chi connectivity index (χ3n) is 3.48. The molecule has 0 aromatic rings. The van der Waals surface area contributed by atoms with E-state index in [1.165, 1.54) is 0 Å². The summed E-state index contributed by atoms with van der Waals surface area (Å²) < 4.78 is 5.06. The lowest BCUT2D eigenvalue weighted by atomic mass is 9.75. The van der Waals surface area contributed by atoms with Crippen LogP contribution in [0.1, 0.15) is 52.4 Å². The number of aliphatic hydroxyl groups excluding tert-OH is 1. The molecule has 0 amide bonds. The number of hydrogen-bond donors (Lipinski definition) is 1. The van der Waals surface area contributed by atoms with Crippen LogP contribution in [0, 0.1) is 11.8 Å². The zero-order valence-electron chi connectivity index (χ0n) is 10.4. The number of carbonyl (C=O) groups is 1. The van der Waals surface area contributed by atoms with Gasteiger partial charge >= 0.3 is 5.97 Å². The first-order chi connectivity index (χ1) is 7.70. The lowest BCUT2D eigenvalue weighted by Crippen LogP contribution is -2.39. The van der Waals surface area contributed by atoms with E-state index in [9.17, 15) is 9.90 Å². The maximum Gasteiger partial charge on any atom is 0.311 e. The van der Waals surface area contributed by atoms with E-state index >= 15 is 0 Å². The molecule has 1 N–H and O–H groups in total. The first kappa shape index (κ1) is 13.5. The van der Waals surface area contributed by atoms with Gasteiger partial charge in [0.1, 0.15) is 0 Å². The molecule has 0 spiro atoms. The van der Waals surface area contributed by atoms with Crippen molar-refractivity contribution in [2.45, 2.75) is 58.5 Å². The molecule has 94 valence electrons. The number of unbranched alkanes of at least 4 members (excludes halogenated alkanes) is 1. The molecule has 0 bridgehead atoms. The van der Waals surface area contributed by atoms with Crippen molar-refractivity contribution >= 4 is 5.97 Å². The summed E-state index contributed by atoms with van der Waals surface area (Å²) in [5.74, 6) is -0.154. The molecule has 3 heteroatoms. The van der Waals surface area contributed by atoms with Gasteiger partial charge < -0.3 is 9.84 Å². The Hall–Kier alpha value is -0.570. The predicted octanol–water partition coefficient (Wildman–Crippen LogP) is 2.52. The van der Waals surface area contributed by atoms with Crippen LogP contribution in [0.4, 0.5) is 0 Å². The summed E-state index contributed by atoms with van der Waals surface area (Å²) >= 11 is 0. The van der Waals surface area contributed by atoms with Gasteiger partial charge in [-0.3, -0.25) is 4.79 Å². The van der Waals surface area contributed by atoms with Crippen molar-refractivity contribution in [3.8, 4) is 0 Å². The zero-order valence-corrected chi connectivity index (χ0v) is 10.4. The van der Waals surface area contributed by atoms with Gasteiger partial charge in [-0.25, -0.2) is 0 Å². The molecule has 0 unspecified atom stereocenters. The largest absolute Gasteiger partial charge is 0.466 e. The lowest BCUT2D eigenvalue weighted by molar-refractivity contribution is -0.157. The molecule has 1 aliphatic rings. The average molecular weight is 228 g/mol. The molecule has 16 heavy (non-hydrogen) atoms. The summed E-state index contributed by atoms with van der Waals surface area (Å²) in [6.45, 7) is 4.37. The first-order valence-electron chi connectivity index (χ1n) is 6.55. The average Bonchev–Trinajstić information content (AvgIpc) is 2.26. The van der Waals surface area contributed by atoms with Crippen LogP contribution in [-0.4, -0.2) is 23.8 Å². The van der Waals surface area contributed by atoms with Crippen molar-refractivity contribution in [2.24, 2.45) is 11.8 Å². The number of rotatable bonds is 5. The number of hydrogen-bond acceptors (Lipinski definition) is 3. The summed E-state index contributed by atoms with van der Waals surface area (Å²) in [7, 11) is 0. The van der Waals surface area contributed by atoms with Crippen LogP contribution in [0.2, 0.25) is 0 Å². The van der Waals surface area contributed by atoms with E-state index in [2.05, 4.69) is 6.92 Å². The topological polar surface area (TPSA) is 46.5 Å². The van der Waals surface area contributed by atoms with Gasteiger partial charge in [-0.1, -0.05) is 26.2 Å². The van der Waals surface area contributed by atoms with Crippen molar-refractivity contribution in [1.82, 2.24) is 0 Å². The van der Waals surface area contributed by atoms with Crippen molar-refractivity contribution in [3.05, 3.63) is 0 Å². The molecule has 0 aromatic carbocycles. The molecule has 0 radical (unpaired) electrons. The zero-order chi connectivity index (χ0) is 12.0. The fourth-order valence-corrected chi connectivity index (χ4v) is 2.64. The van der Waals surface area contributed by atoms with E-state index in [1.54, 1.807) is 0 Å². The van der Waals surface area contributed by atoms with Gasteiger partial charge in [-0.05, 0) is 32.1 Å². The summed E-state index contributed by atoms with van der Waals surface area (Å²) in [5.41, 5.74) is 0. The maximum atomic E-state index is 11.8. The van der Waals surface area contributed by atoms with Crippen molar-refractivity contribution in [3.63, 3.8) is 0 Å².